The Morgan fingerprint density at radius 3 is 2.38 bits per heavy atom. The van der Waals surface area contributed by atoms with Gasteiger partial charge in [-0.1, -0.05) is 114 Å². The van der Waals surface area contributed by atoms with Gasteiger partial charge in [-0.2, -0.15) is 0 Å². The van der Waals surface area contributed by atoms with Gasteiger partial charge in [0.05, 0.1) is 0 Å². The van der Waals surface area contributed by atoms with Gasteiger partial charge in [0.25, 0.3) is 0 Å². The maximum Gasteiger partial charge on any atom is -0.0185 e. The third kappa shape index (κ3) is 8.76. The summed E-state index contributed by atoms with van der Waals surface area (Å²) in [6, 6.07) is 7.10. The van der Waals surface area contributed by atoms with Crippen molar-refractivity contribution in [3.63, 3.8) is 0 Å². The van der Waals surface area contributed by atoms with Crippen LogP contribution in [0.4, 0.5) is 0 Å². The predicted molar refractivity (Wildman–Crippen MR) is 145 cm³/mol. The van der Waals surface area contributed by atoms with Crippen molar-refractivity contribution in [2.24, 2.45) is 11.8 Å². The lowest BCUT2D eigenvalue weighted by molar-refractivity contribution is 0.372. The van der Waals surface area contributed by atoms with E-state index in [1.54, 1.807) is 16.7 Å². The van der Waals surface area contributed by atoms with E-state index in [4.69, 9.17) is 0 Å². The van der Waals surface area contributed by atoms with Gasteiger partial charge in [-0.15, -0.1) is 0 Å². The average Bonchev–Trinajstić information content (AvgIpc) is 2.81. The molecule has 0 bridgehead atoms. The van der Waals surface area contributed by atoms with E-state index in [2.05, 4.69) is 58.2 Å². The summed E-state index contributed by atoms with van der Waals surface area (Å²) < 4.78 is 0. The van der Waals surface area contributed by atoms with Crippen LogP contribution in [0.5, 0.6) is 0 Å². The highest BCUT2D eigenvalue weighted by molar-refractivity contribution is 5.73. The summed E-state index contributed by atoms with van der Waals surface area (Å²) in [7, 11) is 0. The largest absolute Gasteiger partial charge is 0.0996 e. The lowest BCUT2D eigenvalue weighted by atomic mass is 9.82. The molecule has 0 nitrogen and oxygen atoms in total. The molecule has 1 unspecified atom stereocenters. The lowest BCUT2D eigenvalue weighted by Crippen LogP contribution is -2.09. The van der Waals surface area contributed by atoms with Crippen LogP contribution < -0.4 is 0 Å². The quantitative estimate of drug-likeness (QED) is 0.190. The summed E-state index contributed by atoms with van der Waals surface area (Å²) in [6.07, 6.45) is 24.3. The molecule has 2 rings (SSSR count). The highest BCUT2D eigenvalue weighted by atomic mass is 14.2. The van der Waals surface area contributed by atoms with E-state index in [-0.39, 0.29) is 0 Å². The van der Waals surface area contributed by atoms with Crippen molar-refractivity contribution >= 4 is 5.57 Å². The molecule has 0 spiro atoms. The highest BCUT2D eigenvalue weighted by Gasteiger charge is 2.17. The normalized spacial score (nSPS) is 16.2. The molecule has 0 saturated heterocycles. The fraction of sp³-hybridized carbons (Fsp3) is 0.625. The Bertz CT molecular complexity index is 714. The van der Waals surface area contributed by atoms with Crippen LogP contribution >= 0.6 is 0 Å². The molecule has 0 radical (unpaired) electrons. The van der Waals surface area contributed by atoms with Gasteiger partial charge in [0.15, 0.2) is 0 Å². The molecule has 1 aliphatic carbocycles. The summed E-state index contributed by atoms with van der Waals surface area (Å²) in [5, 5.41) is 0. The van der Waals surface area contributed by atoms with Crippen LogP contribution in [-0.2, 0) is 12.8 Å². The van der Waals surface area contributed by atoms with Crippen molar-refractivity contribution in [2.45, 2.75) is 117 Å². The molecular formula is C32H50. The van der Waals surface area contributed by atoms with Gasteiger partial charge < -0.3 is 0 Å². The topological polar surface area (TPSA) is 0 Å². The van der Waals surface area contributed by atoms with Gasteiger partial charge in [0.1, 0.15) is 0 Å². The second-order valence-corrected chi connectivity index (χ2v) is 10.1. The van der Waals surface area contributed by atoms with Crippen LogP contribution in [0.2, 0.25) is 0 Å². The zero-order chi connectivity index (χ0) is 23.2. The van der Waals surface area contributed by atoms with Gasteiger partial charge in [-0.05, 0) is 86.0 Å². The van der Waals surface area contributed by atoms with Crippen molar-refractivity contribution in [2.75, 3.05) is 0 Å². The second-order valence-electron chi connectivity index (χ2n) is 10.1. The minimum Gasteiger partial charge on any atom is -0.0996 e. The molecule has 0 aliphatic heterocycles. The van der Waals surface area contributed by atoms with Crippen molar-refractivity contribution in [1.29, 1.82) is 0 Å². The van der Waals surface area contributed by atoms with Crippen molar-refractivity contribution in [1.82, 2.24) is 0 Å². The summed E-state index contributed by atoms with van der Waals surface area (Å²) in [5.74, 6) is 1.72. The summed E-state index contributed by atoms with van der Waals surface area (Å²) in [6.45, 7) is 15.2. The van der Waals surface area contributed by atoms with E-state index in [1.807, 2.05) is 6.08 Å². The zero-order valence-corrected chi connectivity index (χ0v) is 21.6. The van der Waals surface area contributed by atoms with Crippen molar-refractivity contribution < 1.29 is 0 Å². The molecule has 178 valence electrons. The molecule has 0 heterocycles. The van der Waals surface area contributed by atoms with Gasteiger partial charge in [-0.3, -0.25) is 0 Å². The molecule has 1 atom stereocenters. The van der Waals surface area contributed by atoms with E-state index in [1.165, 1.54) is 107 Å². The zero-order valence-electron chi connectivity index (χ0n) is 21.6. The number of hydrogen-bond acceptors (Lipinski definition) is 0. The van der Waals surface area contributed by atoms with E-state index < -0.39 is 0 Å². The Morgan fingerprint density at radius 2 is 1.72 bits per heavy atom. The van der Waals surface area contributed by atoms with E-state index in [0.717, 1.165) is 11.8 Å². The fourth-order valence-corrected chi connectivity index (χ4v) is 5.71. The first-order valence-corrected chi connectivity index (χ1v) is 13.7. The first-order valence-electron chi connectivity index (χ1n) is 13.7. The fourth-order valence-electron chi connectivity index (χ4n) is 5.71. The summed E-state index contributed by atoms with van der Waals surface area (Å²) in [4.78, 5) is 0. The number of hydrogen-bond donors (Lipinski definition) is 0. The molecular weight excluding hydrogens is 384 g/mol. The van der Waals surface area contributed by atoms with Crippen molar-refractivity contribution in [3.8, 4) is 0 Å². The van der Waals surface area contributed by atoms with Crippen LogP contribution in [0.25, 0.3) is 5.57 Å². The Hall–Kier alpha value is -1.56. The van der Waals surface area contributed by atoms with Crippen LogP contribution in [0.3, 0.4) is 0 Å². The molecule has 1 aromatic carbocycles. The first kappa shape index (κ1) is 26.7. The molecule has 0 heteroatoms. The van der Waals surface area contributed by atoms with Gasteiger partial charge in [-0.25, -0.2) is 0 Å². The third-order valence-electron chi connectivity index (χ3n) is 7.64. The predicted octanol–water partition coefficient (Wildman–Crippen LogP) is 10.3. The molecule has 1 aromatic rings. The van der Waals surface area contributed by atoms with Gasteiger partial charge in [0, 0.05) is 0 Å². The smallest absolute Gasteiger partial charge is 0.0185 e. The number of aryl methyl sites for hydroxylation is 2. The van der Waals surface area contributed by atoms with Crippen LogP contribution in [0.1, 0.15) is 121 Å². The van der Waals surface area contributed by atoms with Crippen LogP contribution in [0.15, 0.2) is 49.1 Å². The number of rotatable bonds is 15. The van der Waals surface area contributed by atoms with Gasteiger partial charge in [0.2, 0.25) is 0 Å². The second kappa shape index (κ2) is 15.3. The summed E-state index contributed by atoms with van der Waals surface area (Å²) in [5.41, 5.74) is 7.23. The monoisotopic (exact) mass is 434 g/mol. The van der Waals surface area contributed by atoms with Crippen LogP contribution in [0, 0.1) is 11.8 Å². The first-order chi connectivity index (χ1) is 15.6. The van der Waals surface area contributed by atoms with Crippen LogP contribution in [-0.4, -0.2) is 0 Å². The molecule has 1 fully saturated rings. The Morgan fingerprint density at radius 1 is 0.969 bits per heavy atom. The van der Waals surface area contributed by atoms with E-state index >= 15 is 0 Å². The Labute approximate surface area is 200 Å². The number of benzene rings is 1. The lowest BCUT2D eigenvalue weighted by Gasteiger charge is -2.24. The maximum atomic E-state index is 4.47. The number of allylic oxidation sites excluding steroid dienone is 4. The molecule has 1 saturated carbocycles. The van der Waals surface area contributed by atoms with E-state index in [9.17, 15) is 0 Å². The highest BCUT2D eigenvalue weighted by Crippen LogP contribution is 2.32. The minimum absolute atomic E-state index is 0.831. The molecule has 1 aliphatic rings. The Kier molecular flexibility index (Phi) is 12.8. The van der Waals surface area contributed by atoms with E-state index in [0.29, 0.717) is 0 Å². The maximum absolute atomic E-state index is 4.47. The molecule has 0 aromatic heterocycles. The van der Waals surface area contributed by atoms with Gasteiger partial charge >= 0.3 is 0 Å². The molecule has 0 N–H and O–H groups in total. The average molecular weight is 435 g/mol. The van der Waals surface area contributed by atoms with Crippen molar-refractivity contribution in [3.05, 3.63) is 65.8 Å². The summed E-state index contributed by atoms with van der Waals surface area (Å²) >= 11 is 0. The SMILES string of the molecule is C=CC(=CC)c1ccc(CCCC(CCC)CCCC(=C)C2CCCCC2)c(CCC)c1. The standard InChI is InChI=1S/C32H50/c1-6-15-27(18-13-17-26(5)29-20-11-10-12-21-29)19-14-22-30-23-24-32(28(8-3)9-4)25-31(30)16-7-2/h8-9,23-25,27,29H,3,5-7,10-22H2,1-2,4H3. The minimum atomic E-state index is 0.831. The Balaban J connectivity index is 1.85. The third-order valence-corrected chi connectivity index (χ3v) is 7.64. The molecule has 0 amide bonds. The molecule has 32 heavy (non-hydrogen) atoms.